The van der Waals surface area contributed by atoms with Crippen LogP contribution in [-0.2, 0) is 0 Å². The van der Waals surface area contributed by atoms with E-state index in [2.05, 4.69) is 0 Å². The second-order valence-corrected chi connectivity index (χ2v) is 4.85. The molecule has 0 aliphatic carbocycles. The number of aliphatic hydroxyl groups excluding tert-OH is 2. The molecule has 2 rings (SSSR count). The molecule has 1 aromatic rings. The van der Waals surface area contributed by atoms with E-state index in [0.717, 1.165) is 0 Å². The minimum absolute atomic E-state index is 0.328. The van der Waals surface area contributed by atoms with E-state index in [1.807, 2.05) is 0 Å². The first kappa shape index (κ1) is 12.3. The van der Waals surface area contributed by atoms with E-state index in [-0.39, 0.29) is 0 Å². The summed E-state index contributed by atoms with van der Waals surface area (Å²) in [6, 6.07) is 4.14. The van der Waals surface area contributed by atoms with E-state index < -0.39 is 24.0 Å². The molecule has 0 amide bonds. The van der Waals surface area contributed by atoms with Crippen LogP contribution in [0.15, 0.2) is 18.2 Å². The highest BCUT2D eigenvalue weighted by Gasteiger charge is 2.41. The first-order valence-electron chi connectivity index (χ1n) is 5.45. The van der Waals surface area contributed by atoms with Crippen molar-refractivity contribution >= 4 is 0 Å². The second-order valence-electron chi connectivity index (χ2n) is 4.85. The quantitative estimate of drug-likeness (QED) is 0.525. The van der Waals surface area contributed by atoms with Crippen molar-refractivity contribution in [3.8, 4) is 5.75 Å². The van der Waals surface area contributed by atoms with Crippen molar-refractivity contribution in [3.63, 3.8) is 0 Å². The Balaban J connectivity index is 2.47. The summed E-state index contributed by atoms with van der Waals surface area (Å²) in [6.07, 6.45) is -2.40. The molecule has 5 N–H and O–H groups in total. The fourth-order valence-electron chi connectivity index (χ4n) is 2.03. The van der Waals surface area contributed by atoms with Gasteiger partial charge in [-0.2, -0.15) is 0 Å². The number of fused-ring (bicyclic) bond motifs is 1. The molecule has 1 heterocycles. The van der Waals surface area contributed by atoms with Crippen LogP contribution < -0.4 is 10.5 Å². The van der Waals surface area contributed by atoms with Gasteiger partial charge >= 0.3 is 0 Å². The van der Waals surface area contributed by atoms with Crippen molar-refractivity contribution in [2.45, 2.75) is 37.9 Å². The number of hydrogen-bond donors (Lipinski definition) is 4. The molecule has 0 aromatic heterocycles. The van der Waals surface area contributed by atoms with E-state index in [9.17, 15) is 5.11 Å². The summed E-state index contributed by atoms with van der Waals surface area (Å²) in [7, 11) is 0. The summed E-state index contributed by atoms with van der Waals surface area (Å²) in [5.41, 5.74) is 6.10. The number of rotatable bonds is 1. The number of nitrogens with two attached hydrogens (primary N) is 1. The molecule has 0 fully saturated rings. The molecular formula is C12H17NO4. The van der Waals surface area contributed by atoms with E-state index >= 15 is 0 Å². The van der Waals surface area contributed by atoms with E-state index in [1.54, 1.807) is 32.0 Å². The Bertz CT molecular complexity index is 431. The molecule has 2 atom stereocenters. The van der Waals surface area contributed by atoms with Crippen molar-refractivity contribution in [3.05, 3.63) is 29.3 Å². The van der Waals surface area contributed by atoms with Gasteiger partial charge in [-0.1, -0.05) is 6.07 Å². The fourth-order valence-corrected chi connectivity index (χ4v) is 2.03. The van der Waals surface area contributed by atoms with Gasteiger partial charge in [0.15, 0.2) is 6.29 Å². The number of aliphatic hydroxyl groups is 3. The van der Waals surface area contributed by atoms with Gasteiger partial charge in [-0.15, -0.1) is 0 Å². The Morgan fingerprint density at radius 1 is 1.35 bits per heavy atom. The van der Waals surface area contributed by atoms with Gasteiger partial charge < -0.3 is 25.8 Å². The van der Waals surface area contributed by atoms with E-state index in [4.69, 9.17) is 20.7 Å². The summed E-state index contributed by atoms with van der Waals surface area (Å²) in [4.78, 5) is 0. The third kappa shape index (κ3) is 2.02. The average Bonchev–Trinajstić information content (AvgIpc) is 2.25. The Morgan fingerprint density at radius 3 is 2.59 bits per heavy atom. The van der Waals surface area contributed by atoms with Gasteiger partial charge in [0.1, 0.15) is 17.5 Å². The zero-order valence-corrected chi connectivity index (χ0v) is 9.79. The highest BCUT2D eigenvalue weighted by atomic mass is 16.5. The zero-order valence-electron chi connectivity index (χ0n) is 9.79. The Hall–Kier alpha value is -1.14. The molecule has 0 bridgehead atoms. The van der Waals surface area contributed by atoms with Gasteiger partial charge in [-0.25, -0.2) is 0 Å². The van der Waals surface area contributed by atoms with E-state index in [0.29, 0.717) is 16.9 Å². The molecule has 0 radical (unpaired) electrons. The van der Waals surface area contributed by atoms with Gasteiger partial charge in [0.05, 0.1) is 6.04 Å². The van der Waals surface area contributed by atoms with Crippen LogP contribution in [0.5, 0.6) is 5.75 Å². The molecule has 2 unspecified atom stereocenters. The first-order chi connectivity index (χ1) is 7.83. The molecule has 1 aliphatic rings. The molecule has 0 saturated heterocycles. The minimum Gasteiger partial charge on any atom is -0.485 e. The maximum Gasteiger partial charge on any atom is 0.178 e. The van der Waals surface area contributed by atoms with Crippen LogP contribution in [0.4, 0.5) is 0 Å². The topological polar surface area (TPSA) is 95.9 Å². The monoisotopic (exact) mass is 239 g/mol. The van der Waals surface area contributed by atoms with Crippen LogP contribution >= 0.6 is 0 Å². The summed E-state index contributed by atoms with van der Waals surface area (Å²) in [5.74, 6) is 0.567. The largest absolute Gasteiger partial charge is 0.485 e. The maximum absolute atomic E-state index is 10.0. The smallest absolute Gasteiger partial charge is 0.178 e. The highest BCUT2D eigenvalue weighted by molar-refractivity contribution is 5.43. The normalized spacial score (nSPS) is 26.5. The van der Waals surface area contributed by atoms with Crippen molar-refractivity contribution in [2.24, 2.45) is 5.73 Å². The lowest BCUT2D eigenvalue weighted by Crippen LogP contribution is -2.51. The van der Waals surface area contributed by atoms with Crippen LogP contribution in [0.25, 0.3) is 0 Å². The van der Waals surface area contributed by atoms with Crippen LogP contribution in [0, 0.1) is 0 Å². The molecular weight excluding hydrogens is 222 g/mol. The molecule has 17 heavy (non-hydrogen) atoms. The second kappa shape index (κ2) is 3.96. The van der Waals surface area contributed by atoms with Crippen molar-refractivity contribution < 1.29 is 20.1 Å². The Morgan fingerprint density at radius 2 is 2.00 bits per heavy atom. The predicted molar refractivity (Wildman–Crippen MR) is 61.3 cm³/mol. The molecule has 1 aliphatic heterocycles. The maximum atomic E-state index is 10.0. The molecule has 1 aromatic carbocycles. The first-order valence-corrected chi connectivity index (χ1v) is 5.45. The third-order valence-electron chi connectivity index (χ3n) is 3.12. The molecule has 5 nitrogen and oxygen atoms in total. The van der Waals surface area contributed by atoms with Gasteiger partial charge in [0.25, 0.3) is 0 Å². The summed E-state index contributed by atoms with van der Waals surface area (Å²) >= 11 is 0. The summed E-state index contributed by atoms with van der Waals surface area (Å²) in [6.45, 7) is 3.52. The average molecular weight is 239 g/mol. The lowest BCUT2D eigenvalue weighted by atomic mass is 9.86. The third-order valence-corrected chi connectivity index (χ3v) is 3.12. The van der Waals surface area contributed by atoms with Crippen LogP contribution in [-0.4, -0.2) is 27.0 Å². The van der Waals surface area contributed by atoms with Crippen LogP contribution in [0.2, 0.25) is 0 Å². The Labute approximate surface area is 99.5 Å². The Kier molecular flexibility index (Phi) is 2.87. The minimum atomic E-state index is -1.56. The fraction of sp³-hybridized carbons (Fsp3) is 0.500. The van der Waals surface area contributed by atoms with Gasteiger partial charge in [-0.05, 0) is 26.0 Å². The summed E-state index contributed by atoms with van der Waals surface area (Å²) in [5, 5.41) is 28.2. The van der Waals surface area contributed by atoms with Crippen molar-refractivity contribution in [1.82, 2.24) is 0 Å². The van der Waals surface area contributed by atoms with Gasteiger partial charge in [-0.3, -0.25) is 0 Å². The van der Waals surface area contributed by atoms with Crippen LogP contribution in [0.1, 0.15) is 37.3 Å². The number of benzene rings is 1. The lowest BCUT2D eigenvalue weighted by Gasteiger charge is -2.40. The van der Waals surface area contributed by atoms with Crippen LogP contribution in [0.3, 0.4) is 0 Å². The lowest BCUT2D eigenvalue weighted by molar-refractivity contribution is -0.0584. The number of ether oxygens (including phenoxy) is 1. The van der Waals surface area contributed by atoms with Crippen molar-refractivity contribution in [2.75, 3.05) is 0 Å². The van der Waals surface area contributed by atoms with E-state index in [1.165, 1.54) is 0 Å². The zero-order chi connectivity index (χ0) is 12.8. The van der Waals surface area contributed by atoms with Gasteiger partial charge in [0, 0.05) is 11.1 Å². The molecule has 0 saturated carbocycles. The standard InChI is InChI=1S/C12H17NO4/c1-12(2)10(14)9(13)7-5-6(11(15)16)3-4-8(7)17-12/h3-5,9-11,14-16H,13H2,1-2H3. The van der Waals surface area contributed by atoms with Gasteiger partial charge in [0.2, 0.25) is 0 Å². The molecule has 94 valence electrons. The van der Waals surface area contributed by atoms with Crippen molar-refractivity contribution in [1.29, 1.82) is 0 Å². The molecule has 5 heteroatoms. The SMILES string of the molecule is CC1(C)Oc2ccc(C(O)O)cc2C(N)C1O. The predicted octanol–water partition coefficient (Wildman–Crippen LogP) is 0.201. The molecule has 0 spiro atoms. The number of hydrogen-bond acceptors (Lipinski definition) is 5. The summed E-state index contributed by atoms with van der Waals surface area (Å²) < 4.78 is 5.64. The highest BCUT2D eigenvalue weighted by Crippen LogP contribution is 2.39.